The first kappa shape index (κ1) is 21.9. The normalized spacial score (nSPS) is 18.8. The van der Waals surface area contributed by atoms with E-state index in [-0.39, 0.29) is 23.8 Å². The summed E-state index contributed by atoms with van der Waals surface area (Å²) in [7, 11) is 0. The minimum absolute atomic E-state index is 0.0155. The molecule has 1 atom stereocenters. The summed E-state index contributed by atoms with van der Waals surface area (Å²) in [4.78, 5) is 29.8. The molecular weight excluding hydrogens is 429 g/mol. The average Bonchev–Trinajstić information content (AvgIpc) is 2.90. The summed E-state index contributed by atoms with van der Waals surface area (Å²) in [6.07, 6.45) is 0.338. The highest BCUT2D eigenvalue weighted by molar-refractivity contribution is 5.96. The molecule has 32 heavy (non-hydrogen) atoms. The van der Waals surface area contributed by atoms with Crippen molar-refractivity contribution in [2.24, 2.45) is 10.9 Å². The van der Waals surface area contributed by atoms with E-state index in [1.807, 2.05) is 0 Å². The Hall–Kier alpha value is -3.34. The predicted molar refractivity (Wildman–Crippen MR) is 107 cm³/mol. The predicted octanol–water partition coefficient (Wildman–Crippen LogP) is -0.746. The van der Waals surface area contributed by atoms with Gasteiger partial charge in [-0.25, -0.2) is 13.2 Å². The number of aromatic hydroxyl groups is 1. The number of aliphatic hydroxyl groups is 1. The molecule has 0 saturated heterocycles. The molecule has 0 saturated carbocycles. The van der Waals surface area contributed by atoms with E-state index in [2.05, 4.69) is 15.6 Å². The lowest BCUT2D eigenvalue weighted by molar-refractivity contribution is -0.0112. The van der Waals surface area contributed by atoms with Crippen LogP contribution in [0.2, 0.25) is 0 Å². The second kappa shape index (κ2) is 8.30. The number of nitrogens with one attached hydrogen (secondary N) is 2. The molecule has 4 N–H and O–H groups in total. The maximum absolute atomic E-state index is 14.5. The first-order chi connectivity index (χ1) is 15.2. The number of hydrogen-bond donors (Lipinski definition) is 4. The highest BCUT2D eigenvalue weighted by atomic mass is 19.3. The van der Waals surface area contributed by atoms with E-state index in [4.69, 9.17) is 5.11 Å². The van der Waals surface area contributed by atoms with Crippen LogP contribution in [0.1, 0.15) is 15.9 Å². The second-order valence-electron chi connectivity index (χ2n) is 7.78. The SMILES string of the molecule is O=C(NCCO)c1c(O)c2c3n(c1=O)CC(F)(F)CNC=3C(Cc1ccc(F)cc1)CN=2. The lowest BCUT2D eigenvalue weighted by atomic mass is 9.93. The third-order valence-electron chi connectivity index (χ3n) is 5.49. The lowest BCUT2D eigenvalue weighted by Crippen LogP contribution is -2.52. The van der Waals surface area contributed by atoms with Gasteiger partial charge in [0.25, 0.3) is 17.4 Å². The molecule has 0 radical (unpaired) electrons. The molecule has 1 unspecified atom stereocenters. The maximum atomic E-state index is 14.5. The van der Waals surface area contributed by atoms with Gasteiger partial charge in [0.2, 0.25) is 0 Å². The van der Waals surface area contributed by atoms with Crippen LogP contribution in [0.3, 0.4) is 0 Å². The summed E-state index contributed by atoms with van der Waals surface area (Å²) in [5, 5.41) is 24.4. The van der Waals surface area contributed by atoms with Crippen LogP contribution >= 0.6 is 0 Å². The molecule has 2 aliphatic heterocycles. The standard InChI is InChI=1S/C21H21F3N4O4/c22-13-3-1-11(2-4-13)7-12-8-26-16-17-15(12)27-9-21(23,24)10-28(17)20(32)14(18(16)30)19(31)25-5-6-29/h1-4,12,27,29-30H,5-10H2,(H,25,31). The van der Waals surface area contributed by atoms with Crippen molar-refractivity contribution in [3.05, 3.63) is 62.3 Å². The molecule has 1 aromatic carbocycles. The molecule has 170 valence electrons. The highest BCUT2D eigenvalue weighted by Crippen LogP contribution is 2.23. The number of nitrogens with zero attached hydrogens (tertiary/aromatic N) is 2. The van der Waals surface area contributed by atoms with Gasteiger partial charge in [-0.2, -0.15) is 0 Å². The van der Waals surface area contributed by atoms with E-state index in [1.54, 1.807) is 12.1 Å². The van der Waals surface area contributed by atoms with Crippen molar-refractivity contribution in [1.29, 1.82) is 0 Å². The minimum Gasteiger partial charge on any atom is -0.505 e. The topological polar surface area (TPSA) is 116 Å². The number of carbonyl (C=O) groups excluding carboxylic acids is 1. The quantitative estimate of drug-likeness (QED) is 0.479. The number of benzene rings is 1. The third-order valence-corrected chi connectivity index (χ3v) is 5.49. The Morgan fingerprint density at radius 2 is 2.03 bits per heavy atom. The molecule has 3 heterocycles. The first-order valence-corrected chi connectivity index (χ1v) is 10.0. The number of alkyl halides is 2. The number of pyridine rings is 1. The van der Waals surface area contributed by atoms with Gasteiger partial charge in [0, 0.05) is 24.7 Å². The van der Waals surface area contributed by atoms with Crippen LogP contribution in [0.15, 0.2) is 34.1 Å². The third kappa shape index (κ3) is 3.95. The van der Waals surface area contributed by atoms with Crippen molar-refractivity contribution >= 4 is 11.6 Å². The van der Waals surface area contributed by atoms with Crippen molar-refractivity contribution in [1.82, 2.24) is 15.2 Å². The monoisotopic (exact) mass is 450 g/mol. The zero-order valence-electron chi connectivity index (χ0n) is 16.9. The van der Waals surface area contributed by atoms with Gasteiger partial charge in [0.1, 0.15) is 16.7 Å². The zero-order chi connectivity index (χ0) is 23.0. The Labute approximate surface area is 179 Å². The summed E-state index contributed by atoms with van der Waals surface area (Å²) >= 11 is 0. The largest absolute Gasteiger partial charge is 0.505 e. The summed E-state index contributed by atoms with van der Waals surface area (Å²) < 4.78 is 43.1. The molecule has 1 amide bonds. The van der Waals surface area contributed by atoms with Crippen LogP contribution in [0.4, 0.5) is 13.2 Å². The summed E-state index contributed by atoms with van der Waals surface area (Å²) in [5.74, 6) is -5.82. The van der Waals surface area contributed by atoms with Gasteiger partial charge in [-0.1, -0.05) is 12.1 Å². The Kier molecular flexibility index (Phi) is 5.68. The highest BCUT2D eigenvalue weighted by Gasteiger charge is 2.37. The van der Waals surface area contributed by atoms with E-state index in [0.29, 0.717) is 12.1 Å². The Morgan fingerprint density at radius 1 is 1.31 bits per heavy atom. The molecule has 11 heteroatoms. The fraction of sp³-hybridized carbons (Fsp3) is 0.381. The van der Waals surface area contributed by atoms with Crippen LogP contribution in [-0.4, -0.2) is 52.9 Å². The van der Waals surface area contributed by atoms with Crippen molar-refractivity contribution in [3.63, 3.8) is 0 Å². The van der Waals surface area contributed by atoms with Gasteiger partial charge in [0.15, 0.2) is 5.75 Å². The number of halogens is 3. The summed E-state index contributed by atoms with van der Waals surface area (Å²) in [5.41, 5.74) is -0.713. The Balaban J connectivity index is 1.90. The van der Waals surface area contributed by atoms with Crippen LogP contribution in [0.25, 0.3) is 5.70 Å². The average molecular weight is 450 g/mol. The molecule has 0 bridgehead atoms. The fourth-order valence-corrected chi connectivity index (χ4v) is 4.03. The van der Waals surface area contributed by atoms with Crippen molar-refractivity contribution in [2.45, 2.75) is 18.9 Å². The maximum Gasteiger partial charge on any atom is 0.282 e. The van der Waals surface area contributed by atoms with Crippen LogP contribution in [-0.2, 0) is 13.0 Å². The Bertz CT molecular complexity index is 1240. The number of aromatic nitrogens is 1. The van der Waals surface area contributed by atoms with Gasteiger partial charge in [0.05, 0.1) is 25.0 Å². The number of hydrogen-bond acceptors (Lipinski definition) is 6. The molecule has 0 fully saturated rings. The van der Waals surface area contributed by atoms with Gasteiger partial charge < -0.3 is 20.8 Å². The van der Waals surface area contributed by atoms with Crippen molar-refractivity contribution in [3.8, 4) is 5.75 Å². The van der Waals surface area contributed by atoms with Gasteiger partial charge >= 0.3 is 0 Å². The smallest absolute Gasteiger partial charge is 0.282 e. The van der Waals surface area contributed by atoms with Crippen LogP contribution < -0.4 is 26.9 Å². The molecular formula is C21H21F3N4O4. The number of carbonyl (C=O) groups is 1. The second-order valence-corrected chi connectivity index (χ2v) is 7.78. The van der Waals surface area contributed by atoms with Crippen molar-refractivity contribution < 1.29 is 28.2 Å². The van der Waals surface area contributed by atoms with E-state index < -0.39 is 60.1 Å². The first-order valence-electron chi connectivity index (χ1n) is 10.0. The fourth-order valence-electron chi connectivity index (χ4n) is 4.03. The van der Waals surface area contributed by atoms with E-state index >= 15 is 0 Å². The molecule has 0 aliphatic carbocycles. The molecule has 1 aromatic heterocycles. The molecule has 2 aromatic rings. The zero-order valence-corrected chi connectivity index (χ0v) is 16.9. The molecule has 0 spiro atoms. The van der Waals surface area contributed by atoms with Crippen LogP contribution in [0, 0.1) is 11.7 Å². The molecule has 8 nitrogen and oxygen atoms in total. The summed E-state index contributed by atoms with van der Waals surface area (Å²) in [6, 6.07) is 5.74. The van der Waals surface area contributed by atoms with Crippen LogP contribution in [0.5, 0.6) is 5.75 Å². The molecule has 4 rings (SSSR count). The van der Waals surface area contributed by atoms with E-state index in [0.717, 1.165) is 10.1 Å². The van der Waals surface area contributed by atoms with E-state index in [9.17, 15) is 27.9 Å². The van der Waals surface area contributed by atoms with Crippen molar-refractivity contribution in [2.75, 3.05) is 26.2 Å². The number of amides is 1. The lowest BCUT2D eigenvalue weighted by Gasteiger charge is -2.23. The minimum atomic E-state index is -3.31. The van der Waals surface area contributed by atoms with Gasteiger partial charge in [-0.15, -0.1) is 0 Å². The van der Waals surface area contributed by atoms with E-state index in [1.165, 1.54) is 12.1 Å². The molecule has 2 aliphatic rings. The van der Waals surface area contributed by atoms with Gasteiger partial charge in [-0.3, -0.25) is 19.1 Å². The summed E-state index contributed by atoms with van der Waals surface area (Å²) in [6.45, 7) is -2.22. The number of aliphatic hydroxyl groups excluding tert-OH is 1. The van der Waals surface area contributed by atoms with Gasteiger partial charge in [-0.05, 0) is 24.1 Å². The Morgan fingerprint density at radius 3 is 2.72 bits per heavy atom. The number of rotatable bonds is 5.